The van der Waals surface area contributed by atoms with Crippen LogP contribution < -0.4 is 10.6 Å². The number of halogens is 2. The van der Waals surface area contributed by atoms with E-state index in [9.17, 15) is 4.79 Å². The van der Waals surface area contributed by atoms with Crippen molar-refractivity contribution >= 4 is 30.7 Å². The molecule has 2 unspecified atom stereocenters. The lowest BCUT2D eigenvalue weighted by Gasteiger charge is -2.34. The number of carbonyl (C=O) groups is 1. The van der Waals surface area contributed by atoms with E-state index in [4.69, 9.17) is 0 Å². The molecule has 1 aliphatic heterocycles. The first kappa shape index (κ1) is 20.0. The fourth-order valence-electron chi connectivity index (χ4n) is 2.67. The van der Waals surface area contributed by atoms with Gasteiger partial charge in [-0.15, -0.1) is 24.8 Å². The van der Waals surface area contributed by atoms with Crippen molar-refractivity contribution in [2.24, 2.45) is 0 Å². The van der Waals surface area contributed by atoms with E-state index in [2.05, 4.69) is 29.5 Å². The van der Waals surface area contributed by atoms with E-state index in [1.54, 1.807) is 0 Å². The summed E-state index contributed by atoms with van der Waals surface area (Å²) in [6.45, 7) is 5.93. The van der Waals surface area contributed by atoms with Crippen LogP contribution in [-0.4, -0.2) is 48.6 Å². The minimum Gasteiger partial charge on any atom is -0.353 e. The summed E-state index contributed by atoms with van der Waals surface area (Å²) in [5.74, 6) is 0.165. The molecule has 0 spiro atoms. The molecule has 1 heterocycles. The number of amides is 1. The third-order valence-electron chi connectivity index (χ3n) is 4.50. The van der Waals surface area contributed by atoms with E-state index in [1.165, 1.54) is 19.3 Å². The van der Waals surface area contributed by atoms with Crippen LogP contribution in [-0.2, 0) is 4.79 Å². The van der Waals surface area contributed by atoms with Crippen molar-refractivity contribution in [3.8, 4) is 0 Å². The maximum Gasteiger partial charge on any atom is 0.240 e. The summed E-state index contributed by atoms with van der Waals surface area (Å²) in [7, 11) is 2.16. The lowest BCUT2D eigenvalue weighted by Crippen LogP contribution is -2.58. The molecule has 1 aliphatic carbocycles. The van der Waals surface area contributed by atoms with Gasteiger partial charge >= 0.3 is 0 Å². The molecular weight excluding hydrogens is 297 g/mol. The predicted molar refractivity (Wildman–Crippen MR) is 88.0 cm³/mol. The number of hydrogen-bond donors (Lipinski definition) is 2. The van der Waals surface area contributed by atoms with Gasteiger partial charge in [0.05, 0.1) is 5.54 Å². The van der Waals surface area contributed by atoms with E-state index in [1.807, 2.05) is 6.92 Å². The van der Waals surface area contributed by atoms with Crippen LogP contribution in [0.25, 0.3) is 0 Å². The lowest BCUT2D eigenvalue weighted by molar-refractivity contribution is -0.128. The van der Waals surface area contributed by atoms with Crippen LogP contribution >= 0.6 is 24.8 Å². The van der Waals surface area contributed by atoms with E-state index in [-0.39, 0.29) is 36.3 Å². The number of rotatable bonds is 5. The molecule has 1 saturated carbocycles. The maximum atomic E-state index is 12.2. The van der Waals surface area contributed by atoms with Gasteiger partial charge < -0.3 is 10.6 Å². The monoisotopic (exact) mass is 325 g/mol. The third-order valence-corrected chi connectivity index (χ3v) is 4.50. The fourth-order valence-corrected chi connectivity index (χ4v) is 2.67. The third kappa shape index (κ3) is 5.06. The van der Waals surface area contributed by atoms with Crippen molar-refractivity contribution < 1.29 is 4.79 Å². The zero-order valence-electron chi connectivity index (χ0n) is 12.8. The molecule has 0 bridgehead atoms. The molecule has 0 aromatic carbocycles. The number of carbonyl (C=O) groups excluding carboxylic acids is 1. The first-order valence-electron chi connectivity index (χ1n) is 7.28. The van der Waals surface area contributed by atoms with Gasteiger partial charge in [0.2, 0.25) is 5.91 Å². The van der Waals surface area contributed by atoms with Crippen LogP contribution in [0.3, 0.4) is 0 Å². The van der Waals surface area contributed by atoms with Gasteiger partial charge in [0.1, 0.15) is 0 Å². The summed E-state index contributed by atoms with van der Waals surface area (Å²) < 4.78 is 0. The molecule has 6 heteroatoms. The molecule has 1 amide bonds. The van der Waals surface area contributed by atoms with Gasteiger partial charge in [-0.3, -0.25) is 9.69 Å². The van der Waals surface area contributed by atoms with E-state index in [0.29, 0.717) is 6.04 Å². The predicted octanol–water partition coefficient (Wildman–Crippen LogP) is 1.96. The highest BCUT2D eigenvalue weighted by Crippen LogP contribution is 2.26. The molecule has 2 N–H and O–H groups in total. The molecule has 2 rings (SSSR count). The molecule has 1 saturated heterocycles. The molecule has 0 radical (unpaired) electrons. The smallest absolute Gasteiger partial charge is 0.240 e. The number of nitrogens with zero attached hydrogens (tertiary/aromatic N) is 1. The van der Waals surface area contributed by atoms with E-state index in [0.717, 1.165) is 32.0 Å². The molecule has 2 aliphatic rings. The van der Waals surface area contributed by atoms with Crippen molar-refractivity contribution in [3.05, 3.63) is 0 Å². The average Bonchev–Trinajstić information content (AvgIpc) is 3.19. The molecule has 2 fully saturated rings. The quantitative estimate of drug-likeness (QED) is 0.812. The standard InChI is InChI=1S/C14H27N3O.2ClH/c1-11(17(3)12-6-7-12)10-15-13(18)14(2)8-4-5-9-16-14;;/h11-12,16H,4-10H2,1-3H3,(H,15,18);2*1H. The van der Waals surface area contributed by atoms with Crippen molar-refractivity contribution in [2.75, 3.05) is 20.1 Å². The Morgan fingerprint density at radius 3 is 2.55 bits per heavy atom. The highest BCUT2D eigenvalue weighted by Gasteiger charge is 2.35. The molecule has 120 valence electrons. The minimum absolute atomic E-state index is 0. The molecule has 0 aromatic rings. The van der Waals surface area contributed by atoms with Crippen molar-refractivity contribution in [2.45, 2.75) is 63.6 Å². The van der Waals surface area contributed by atoms with Gasteiger partial charge in [-0.25, -0.2) is 0 Å². The van der Waals surface area contributed by atoms with Crippen molar-refractivity contribution in [3.63, 3.8) is 0 Å². The maximum absolute atomic E-state index is 12.2. The van der Waals surface area contributed by atoms with Gasteiger partial charge in [0, 0.05) is 18.6 Å². The SMILES string of the molecule is CC(CNC(=O)C1(C)CCCCN1)N(C)C1CC1.Cl.Cl. The Morgan fingerprint density at radius 2 is 2.05 bits per heavy atom. The second-order valence-corrected chi connectivity index (χ2v) is 6.17. The summed E-state index contributed by atoms with van der Waals surface area (Å²) >= 11 is 0. The average molecular weight is 326 g/mol. The van der Waals surface area contributed by atoms with Crippen LogP contribution in [0.2, 0.25) is 0 Å². The Labute approximate surface area is 135 Å². The van der Waals surface area contributed by atoms with E-state index < -0.39 is 0 Å². The van der Waals surface area contributed by atoms with Gasteiger partial charge in [0.15, 0.2) is 0 Å². The Balaban J connectivity index is 0.00000180. The molecule has 0 aromatic heterocycles. The molecule has 4 nitrogen and oxygen atoms in total. The zero-order chi connectivity index (χ0) is 13.2. The second kappa shape index (κ2) is 8.42. The largest absolute Gasteiger partial charge is 0.353 e. The molecule has 20 heavy (non-hydrogen) atoms. The van der Waals surface area contributed by atoms with Crippen molar-refractivity contribution in [1.29, 1.82) is 0 Å². The van der Waals surface area contributed by atoms with Gasteiger partial charge in [-0.05, 0) is 59.5 Å². The summed E-state index contributed by atoms with van der Waals surface area (Å²) in [5.41, 5.74) is -0.351. The van der Waals surface area contributed by atoms with Crippen molar-refractivity contribution in [1.82, 2.24) is 15.5 Å². The van der Waals surface area contributed by atoms with Crippen LogP contribution in [0.5, 0.6) is 0 Å². The zero-order valence-corrected chi connectivity index (χ0v) is 14.4. The summed E-state index contributed by atoms with van der Waals surface area (Å²) in [6, 6.07) is 1.17. The van der Waals surface area contributed by atoms with Crippen LogP contribution in [0, 0.1) is 0 Å². The summed E-state index contributed by atoms with van der Waals surface area (Å²) in [4.78, 5) is 14.6. The fraction of sp³-hybridized carbons (Fsp3) is 0.929. The number of hydrogen-bond acceptors (Lipinski definition) is 3. The molecule has 2 atom stereocenters. The number of piperidine rings is 1. The Bertz CT molecular complexity index is 305. The van der Waals surface area contributed by atoms with E-state index >= 15 is 0 Å². The Kier molecular flexibility index (Phi) is 8.41. The highest BCUT2D eigenvalue weighted by molar-refractivity contribution is 5.86. The number of nitrogens with one attached hydrogen (secondary N) is 2. The van der Waals surface area contributed by atoms with Crippen LogP contribution in [0.1, 0.15) is 46.0 Å². The Morgan fingerprint density at radius 1 is 1.40 bits per heavy atom. The first-order chi connectivity index (χ1) is 8.53. The summed E-state index contributed by atoms with van der Waals surface area (Å²) in [5, 5.41) is 6.47. The number of likely N-dealkylation sites (N-methyl/N-ethyl adjacent to an activating group) is 1. The summed E-state index contributed by atoms with van der Waals surface area (Å²) in [6.07, 6.45) is 5.91. The molecular formula is C14H29Cl2N3O. The topological polar surface area (TPSA) is 44.4 Å². The van der Waals surface area contributed by atoms with Gasteiger partial charge in [-0.1, -0.05) is 0 Å². The second-order valence-electron chi connectivity index (χ2n) is 6.17. The Hall–Kier alpha value is -0.0300. The van der Waals surface area contributed by atoms with Crippen LogP contribution in [0.4, 0.5) is 0 Å². The highest BCUT2D eigenvalue weighted by atomic mass is 35.5. The lowest BCUT2D eigenvalue weighted by atomic mass is 9.90. The van der Waals surface area contributed by atoms with Gasteiger partial charge in [-0.2, -0.15) is 0 Å². The first-order valence-corrected chi connectivity index (χ1v) is 7.28. The minimum atomic E-state index is -0.351. The normalized spacial score (nSPS) is 27.2. The van der Waals surface area contributed by atoms with Crippen LogP contribution in [0.15, 0.2) is 0 Å². The van der Waals surface area contributed by atoms with Gasteiger partial charge in [0.25, 0.3) is 0 Å².